The van der Waals surface area contributed by atoms with Crippen LogP contribution in [0.1, 0.15) is 5.56 Å². The Kier molecular flexibility index (Phi) is 4.22. The lowest BCUT2D eigenvalue weighted by Crippen LogP contribution is -2.27. The zero-order chi connectivity index (χ0) is 16.6. The van der Waals surface area contributed by atoms with E-state index in [-0.39, 0.29) is 16.7 Å². The number of hydrogen-bond donors (Lipinski definition) is 0. The topological polar surface area (TPSA) is 73.7 Å². The maximum atomic E-state index is 12.6. The van der Waals surface area contributed by atoms with Crippen LogP contribution in [0.2, 0.25) is 5.15 Å². The number of fused-ring (bicyclic) bond motifs is 1. The van der Waals surface area contributed by atoms with E-state index in [2.05, 4.69) is 4.98 Å². The molecule has 2 heterocycles. The zero-order valence-electron chi connectivity index (χ0n) is 12.7. The van der Waals surface area contributed by atoms with Gasteiger partial charge in [0, 0.05) is 20.6 Å². The zero-order valence-corrected chi connectivity index (χ0v) is 14.3. The van der Waals surface area contributed by atoms with Gasteiger partial charge in [0.25, 0.3) is 10.0 Å². The summed E-state index contributed by atoms with van der Waals surface area (Å²) in [6, 6.07) is 5.36. The number of sulfonamides is 1. The summed E-state index contributed by atoms with van der Waals surface area (Å²) >= 11 is 5.99. The summed E-state index contributed by atoms with van der Waals surface area (Å²) in [7, 11) is -0.654. The van der Waals surface area contributed by atoms with Gasteiger partial charge in [0.15, 0.2) is 11.5 Å². The van der Waals surface area contributed by atoms with Crippen molar-refractivity contribution in [2.75, 3.05) is 20.3 Å². The molecule has 2 aromatic rings. The molecule has 0 amide bonds. The molecule has 0 fully saturated rings. The number of halogens is 1. The molecule has 9 heteroatoms. The molecule has 124 valence electrons. The Morgan fingerprint density at radius 3 is 2.65 bits per heavy atom. The summed E-state index contributed by atoms with van der Waals surface area (Å²) in [5.74, 6) is 1.29. The summed E-state index contributed by atoms with van der Waals surface area (Å²) in [5, 5.41) is -0.0688. The number of benzene rings is 1. The van der Waals surface area contributed by atoms with E-state index in [9.17, 15) is 8.42 Å². The van der Waals surface area contributed by atoms with Crippen LogP contribution in [0.5, 0.6) is 11.5 Å². The van der Waals surface area contributed by atoms with E-state index in [1.54, 1.807) is 25.2 Å². The number of rotatable bonds is 4. The van der Waals surface area contributed by atoms with Crippen molar-refractivity contribution in [3.05, 3.63) is 35.2 Å². The minimum absolute atomic E-state index is 0.0824. The fourth-order valence-corrected chi connectivity index (χ4v) is 3.78. The molecule has 0 aliphatic carbocycles. The second kappa shape index (κ2) is 6.03. The largest absolute Gasteiger partial charge is 0.486 e. The fourth-order valence-electron chi connectivity index (χ4n) is 2.24. The predicted octanol–water partition coefficient (Wildman–Crippen LogP) is 1.67. The Morgan fingerprint density at radius 2 is 2.00 bits per heavy atom. The van der Waals surface area contributed by atoms with Crippen molar-refractivity contribution in [1.29, 1.82) is 0 Å². The molecule has 0 saturated carbocycles. The number of ether oxygens (including phenoxy) is 2. The molecule has 23 heavy (non-hydrogen) atoms. The highest BCUT2D eigenvalue weighted by Crippen LogP contribution is 2.31. The molecule has 3 rings (SSSR count). The quantitative estimate of drug-likeness (QED) is 0.832. The van der Waals surface area contributed by atoms with Crippen LogP contribution in [0, 0.1) is 0 Å². The Hall–Kier alpha value is -1.77. The van der Waals surface area contributed by atoms with Gasteiger partial charge in [-0.3, -0.25) is 0 Å². The van der Waals surface area contributed by atoms with Gasteiger partial charge >= 0.3 is 0 Å². The van der Waals surface area contributed by atoms with Crippen molar-refractivity contribution in [3.63, 3.8) is 0 Å². The third kappa shape index (κ3) is 3.01. The van der Waals surface area contributed by atoms with Crippen LogP contribution in [0.15, 0.2) is 29.6 Å². The van der Waals surface area contributed by atoms with E-state index in [1.165, 1.54) is 22.2 Å². The first-order valence-corrected chi connectivity index (χ1v) is 8.73. The lowest BCUT2D eigenvalue weighted by Gasteiger charge is -2.20. The number of nitrogens with zero attached hydrogens (tertiary/aromatic N) is 3. The van der Waals surface area contributed by atoms with Gasteiger partial charge < -0.3 is 14.0 Å². The second-order valence-electron chi connectivity index (χ2n) is 5.19. The van der Waals surface area contributed by atoms with Crippen LogP contribution in [0.4, 0.5) is 0 Å². The number of aromatic nitrogens is 2. The van der Waals surface area contributed by atoms with E-state index in [0.717, 1.165) is 5.56 Å². The van der Waals surface area contributed by atoms with Crippen molar-refractivity contribution in [2.24, 2.45) is 7.05 Å². The molecule has 0 unspecified atom stereocenters. The van der Waals surface area contributed by atoms with Crippen molar-refractivity contribution in [2.45, 2.75) is 11.6 Å². The van der Waals surface area contributed by atoms with E-state index in [0.29, 0.717) is 24.7 Å². The maximum absolute atomic E-state index is 12.6. The van der Waals surface area contributed by atoms with Gasteiger partial charge in [-0.15, -0.1) is 0 Å². The van der Waals surface area contributed by atoms with E-state index in [1.807, 2.05) is 0 Å². The van der Waals surface area contributed by atoms with Gasteiger partial charge in [-0.1, -0.05) is 17.7 Å². The Bertz CT molecular complexity index is 835. The monoisotopic (exact) mass is 357 g/mol. The summed E-state index contributed by atoms with van der Waals surface area (Å²) in [6.45, 7) is 1.17. The van der Waals surface area contributed by atoms with Crippen LogP contribution in [-0.2, 0) is 23.6 Å². The molecule has 1 aliphatic heterocycles. The van der Waals surface area contributed by atoms with Crippen LogP contribution in [0.25, 0.3) is 0 Å². The summed E-state index contributed by atoms with van der Waals surface area (Å²) in [5.41, 5.74) is 0.785. The first-order valence-electron chi connectivity index (χ1n) is 6.91. The van der Waals surface area contributed by atoms with Crippen LogP contribution >= 0.6 is 11.6 Å². The third-order valence-electron chi connectivity index (χ3n) is 3.50. The Morgan fingerprint density at radius 1 is 1.30 bits per heavy atom. The number of hydrogen-bond acceptors (Lipinski definition) is 5. The maximum Gasteiger partial charge on any atom is 0.263 e. The first kappa shape index (κ1) is 16.1. The molecule has 7 nitrogen and oxygen atoms in total. The van der Waals surface area contributed by atoms with Crippen molar-refractivity contribution >= 4 is 21.6 Å². The molecular weight excluding hydrogens is 342 g/mol. The number of aryl methyl sites for hydroxylation is 1. The fraction of sp³-hybridized carbons (Fsp3) is 0.357. The molecule has 1 aromatic carbocycles. The van der Waals surface area contributed by atoms with E-state index >= 15 is 0 Å². The van der Waals surface area contributed by atoms with Crippen LogP contribution in [0.3, 0.4) is 0 Å². The standard InChI is InChI=1S/C14H16ClN3O4S/c1-17-9-16-14(13(17)15)23(19,20)18(2)8-10-3-4-11-12(7-10)22-6-5-21-11/h3-4,7,9H,5-6,8H2,1-2H3. The summed E-state index contributed by atoms with van der Waals surface area (Å²) < 4.78 is 38.8. The molecule has 0 spiro atoms. The molecular formula is C14H16ClN3O4S. The van der Waals surface area contributed by atoms with Gasteiger partial charge in [-0.05, 0) is 17.7 Å². The average Bonchev–Trinajstić information content (AvgIpc) is 2.87. The highest BCUT2D eigenvalue weighted by atomic mass is 35.5. The van der Waals surface area contributed by atoms with Gasteiger partial charge in [0.05, 0.1) is 6.33 Å². The van der Waals surface area contributed by atoms with Gasteiger partial charge in [-0.2, -0.15) is 4.31 Å². The van der Waals surface area contributed by atoms with Crippen molar-refractivity contribution < 1.29 is 17.9 Å². The van der Waals surface area contributed by atoms with Crippen molar-refractivity contribution in [1.82, 2.24) is 13.9 Å². The van der Waals surface area contributed by atoms with Gasteiger partial charge in [-0.25, -0.2) is 13.4 Å². The SMILES string of the molecule is CN(Cc1ccc2c(c1)OCCO2)S(=O)(=O)c1ncn(C)c1Cl. The second-order valence-corrected chi connectivity index (χ2v) is 7.51. The summed E-state index contributed by atoms with van der Waals surface area (Å²) in [4.78, 5) is 3.88. The molecule has 1 aromatic heterocycles. The Balaban J connectivity index is 1.83. The molecule has 0 saturated heterocycles. The highest BCUT2D eigenvalue weighted by Gasteiger charge is 2.27. The number of imidazole rings is 1. The van der Waals surface area contributed by atoms with E-state index in [4.69, 9.17) is 21.1 Å². The average molecular weight is 358 g/mol. The van der Waals surface area contributed by atoms with Gasteiger partial charge in [0.2, 0.25) is 5.03 Å². The van der Waals surface area contributed by atoms with Gasteiger partial charge in [0.1, 0.15) is 18.4 Å². The summed E-state index contributed by atoms with van der Waals surface area (Å²) in [6.07, 6.45) is 1.37. The Labute approximate surface area is 139 Å². The third-order valence-corrected chi connectivity index (χ3v) is 5.80. The van der Waals surface area contributed by atoms with Crippen molar-refractivity contribution in [3.8, 4) is 11.5 Å². The molecule has 0 bridgehead atoms. The smallest absolute Gasteiger partial charge is 0.263 e. The lowest BCUT2D eigenvalue weighted by atomic mass is 10.2. The molecule has 0 radical (unpaired) electrons. The first-order chi connectivity index (χ1) is 10.9. The normalized spacial score (nSPS) is 14.3. The minimum atomic E-state index is -3.77. The van der Waals surface area contributed by atoms with Crippen LogP contribution < -0.4 is 9.47 Å². The van der Waals surface area contributed by atoms with E-state index < -0.39 is 10.0 Å². The highest BCUT2D eigenvalue weighted by molar-refractivity contribution is 7.89. The minimum Gasteiger partial charge on any atom is -0.486 e. The molecule has 0 N–H and O–H groups in total. The lowest BCUT2D eigenvalue weighted by molar-refractivity contribution is 0.171. The predicted molar refractivity (Wildman–Crippen MR) is 84.3 cm³/mol. The molecule has 0 atom stereocenters. The molecule has 1 aliphatic rings. The van der Waals surface area contributed by atoms with Crippen LogP contribution in [-0.4, -0.2) is 42.5 Å².